The molecule has 0 aliphatic rings. The number of rotatable bonds is 8. The molecular weight excluding hydrogens is 348 g/mol. The first kappa shape index (κ1) is 19.5. The quantitative estimate of drug-likeness (QED) is 0.596. The first-order valence-corrected chi connectivity index (χ1v) is 9.57. The Balaban J connectivity index is 1.71. The zero-order valence-electron chi connectivity index (χ0n) is 16.3. The topological polar surface area (TPSA) is 50.4 Å². The van der Waals surface area contributed by atoms with Gasteiger partial charge >= 0.3 is 0 Å². The van der Waals surface area contributed by atoms with E-state index in [0.717, 1.165) is 22.6 Å². The Morgan fingerprint density at radius 3 is 1.89 bits per heavy atom. The van der Waals surface area contributed by atoms with Gasteiger partial charge in [0.15, 0.2) is 0 Å². The van der Waals surface area contributed by atoms with E-state index in [4.69, 9.17) is 4.74 Å². The molecule has 0 unspecified atom stereocenters. The molecule has 0 aliphatic heterocycles. The number of carbonyl (C=O) groups is 1. The molecule has 1 amide bonds. The predicted octanol–water partition coefficient (Wildman–Crippen LogP) is 4.79. The monoisotopic (exact) mass is 374 g/mol. The largest absolute Gasteiger partial charge is 0.494 e. The van der Waals surface area contributed by atoms with E-state index in [1.807, 2.05) is 98.8 Å². The molecule has 4 heteroatoms. The van der Waals surface area contributed by atoms with Crippen molar-refractivity contribution >= 4 is 11.6 Å². The van der Waals surface area contributed by atoms with E-state index in [1.54, 1.807) is 0 Å². The summed E-state index contributed by atoms with van der Waals surface area (Å²) in [5, 5.41) is 6.43. The number of hydrogen-bond donors (Lipinski definition) is 2. The minimum Gasteiger partial charge on any atom is -0.494 e. The number of hydrogen-bond acceptors (Lipinski definition) is 3. The molecule has 144 valence electrons. The normalized spacial score (nSPS) is 11.7. The summed E-state index contributed by atoms with van der Waals surface area (Å²) < 4.78 is 5.46. The van der Waals surface area contributed by atoms with Crippen molar-refractivity contribution in [3.8, 4) is 5.75 Å². The first-order valence-electron chi connectivity index (χ1n) is 9.57. The van der Waals surface area contributed by atoms with Crippen LogP contribution in [0, 0.1) is 0 Å². The van der Waals surface area contributed by atoms with Crippen molar-refractivity contribution in [1.29, 1.82) is 0 Å². The molecule has 2 N–H and O–H groups in total. The van der Waals surface area contributed by atoms with Crippen LogP contribution >= 0.6 is 0 Å². The van der Waals surface area contributed by atoms with Gasteiger partial charge in [-0.25, -0.2) is 0 Å². The van der Waals surface area contributed by atoms with E-state index in [-0.39, 0.29) is 18.0 Å². The molecule has 0 bridgehead atoms. The Morgan fingerprint density at radius 1 is 0.857 bits per heavy atom. The fourth-order valence-electron chi connectivity index (χ4n) is 3.05. The average molecular weight is 374 g/mol. The van der Waals surface area contributed by atoms with Crippen LogP contribution in [0.4, 0.5) is 5.69 Å². The van der Waals surface area contributed by atoms with Gasteiger partial charge in [0.05, 0.1) is 12.6 Å². The van der Waals surface area contributed by atoms with Gasteiger partial charge in [-0.15, -0.1) is 0 Å². The molecule has 4 nitrogen and oxygen atoms in total. The Labute approximate surface area is 166 Å². The molecule has 0 heterocycles. The summed E-state index contributed by atoms with van der Waals surface area (Å²) in [6.07, 6.45) is 0. The Kier molecular flexibility index (Phi) is 6.68. The third kappa shape index (κ3) is 5.13. The summed E-state index contributed by atoms with van der Waals surface area (Å²) in [6.45, 7) is 4.44. The maximum absolute atomic E-state index is 12.9. The summed E-state index contributed by atoms with van der Waals surface area (Å²) in [5.74, 6) is 0.755. The molecular formula is C24H26N2O2. The molecule has 0 saturated carbocycles. The van der Waals surface area contributed by atoms with Crippen LogP contribution in [0.15, 0.2) is 84.9 Å². The summed E-state index contributed by atoms with van der Waals surface area (Å²) >= 11 is 0. The van der Waals surface area contributed by atoms with Crippen LogP contribution in [0.5, 0.6) is 5.75 Å². The van der Waals surface area contributed by atoms with Crippen LogP contribution in [-0.4, -0.2) is 18.6 Å². The second-order valence-electron chi connectivity index (χ2n) is 6.59. The van der Waals surface area contributed by atoms with Gasteiger partial charge in [-0.05, 0) is 49.2 Å². The molecule has 3 aromatic rings. The third-order valence-corrected chi connectivity index (χ3v) is 4.49. The SMILES string of the molecule is CCOc1ccc(N[C@@H](C)C(=O)NC(c2ccccc2)c2ccccc2)cc1. The molecule has 3 rings (SSSR count). The van der Waals surface area contributed by atoms with Gasteiger partial charge in [0.25, 0.3) is 0 Å². The minimum atomic E-state index is -0.382. The molecule has 1 atom stereocenters. The zero-order chi connectivity index (χ0) is 19.8. The maximum atomic E-state index is 12.9. The number of nitrogens with one attached hydrogen (secondary N) is 2. The van der Waals surface area contributed by atoms with Crippen LogP contribution < -0.4 is 15.4 Å². The van der Waals surface area contributed by atoms with Gasteiger partial charge in [0, 0.05) is 5.69 Å². The van der Waals surface area contributed by atoms with E-state index < -0.39 is 0 Å². The Bertz CT molecular complexity index is 825. The predicted molar refractivity (Wildman–Crippen MR) is 114 cm³/mol. The molecule has 0 aromatic heterocycles. The van der Waals surface area contributed by atoms with Crippen molar-refractivity contribution in [2.45, 2.75) is 25.9 Å². The van der Waals surface area contributed by atoms with E-state index >= 15 is 0 Å². The summed E-state index contributed by atoms with van der Waals surface area (Å²) in [7, 11) is 0. The highest BCUT2D eigenvalue weighted by molar-refractivity contribution is 5.85. The van der Waals surface area contributed by atoms with E-state index in [0.29, 0.717) is 6.61 Å². The Hall–Kier alpha value is -3.27. The lowest BCUT2D eigenvalue weighted by molar-refractivity contribution is -0.122. The number of amides is 1. The third-order valence-electron chi connectivity index (χ3n) is 4.49. The van der Waals surface area contributed by atoms with Crippen molar-refractivity contribution in [2.75, 3.05) is 11.9 Å². The minimum absolute atomic E-state index is 0.0633. The van der Waals surface area contributed by atoms with Crippen molar-refractivity contribution in [3.05, 3.63) is 96.1 Å². The van der Waals surface area contributed by atoms with Crippen molar-refractivity contribution < 1.29 is 9.53 Å². The van der Waals surface area contributed by atoms with Gasteiger partial charge in [0.1, 0.15) is 11.8 Å². The second kappa shape index (κ2) is 9.60. The van der Waals surface area contributed by atoms with Crippen molar-refractivity contribution in [1.82, 2.24) is 5.32 Å². The number of carbonyl (C=O) groups excluding carboxylic acids is 1. The van der Waals surface area contributed by atoms with E-state index in [9.17, 15) is 4.79 Å². The fraction of sp³-hybridized carbons (Fsp3) is 0.208. The number of ether oxygens (including phenoxy) is 1. The lowest BCUT2D eigenvalue weighted by Crippen LogP contribution is -2.40. The van der Waals surface area contributed by atoms with Gasteiger partial charge < -0.3 is 15.4 Å². The highest BCUT2D eigenvalue weighted by Gasteiger charge is 2.20. The summed E-state index contributed by atoms with van der Waals surface area (Å²) in [4.78, 5) is 12.9. The van der Waals surface area contributed by atoms with Crippen LogP contribution in [0.3, 0.4) is 0 Å². The summed E-state index contributed by atoms with van der Waals surface area (Å²) in [6, 6.07) is 27.1. The van der Waals surface area contributed by atoms with Crippen LogP contribution in [0.25, 0.3) is 0 Å². The molecule has 0 aliphatic carbocycles. The van der Waals surface area contributed by atoms with E-state index in [2.05, 4.69) is 10.6 Å². The lowest BCUT2D eigenvalue weighted by atomic mass is 9.98. The number of benzene rings is 3. The van der Waals surface area contributed by atoms with Gasteiger partial charge in [0.2, 0.25) is 5.91 Å². The van der Waals surface area contributed by atoms with Crippen LogP contribution in [0.2, 0.25) is 0 Å². The molecule has 0 spiro atoms. The smallest absolute Gasteiger partial charge is 0.242 e. The van der Waals surface area contributed by atoms with Gasteiger partial charge in [-0.3, -0.25) is 4.79 Å². The van der Waals surface area contributed by atoms with Crippen molar-refractivity contribution in [3.63, 3.8) is 0 Å². The molecule has 0 radical (unpaired) electrons. The molecule has 3 aromatic carbocycles. The van der Waals surface area contributed by atoms with Gasteiger partial charge in [-0.1, -0.05) is 60.7 Å². The maximum Gasteiger partial charge on any atom is 0.242 e. The molecule has 0 fully saturated rings. The van der Waals surface area contributed by atoms with Crippen molar-refractivity contribution in [2.24, 2.45) is 0 Å². The first-order chi connectivity index (χ1) is 13.7. The highest BCUT2D eigenvalue weighted by atomic mass is 16.5. The highest BCUT2D eigenvalue weighted by Crippen LogP contribution is 2.22. The van der Waals surface area contributed by atoms with Gasteiger partial charge in [-0.2, -0.15) is 0 Å². The molecule has 0 saturated heterocycles. The zero-order valence-corrected chi connectivity index (χ0v) is 16.3. The Morgan fingerprint density at radius 2 is 1.39 bits per heavy atom. The fourth-order valence-corrected chi connectivity index (χ4v) is 3.05. The second-order valence-corrected chi connectivity index (χ2v) is 6.59. The number of anilines is 1. The van der Waals surface area contributed by atoms with Crippen LogP contribution in [0.1, 0.15) is 31.0 Å². The standard InChI is InChI=1S/C24H26N2O2/c1-3-28-22-16-14-21(15-17-22)25-18(2)24(27)26-23(19-10-6-4-7-11-19)20-12-8-5-9-13-20/h4-18,23,25H,3H2,1-2H3,(H,26,27)/t18-/m0/s1. The summed E-state index contributed by atoms with van der Waals surface area (Å²) in [5.41, 5.74) is 2.98. The molecule has 28 heavy (non-hydrogen) atoms. The van der Waals surface area contributed by atoms with E-state index in [1.165, 1.54) is 0 Å². The lowest BCUT2D eigenvalue weighted by Gasteiger charge is -2.23. The van der Waals surface area contributed by atoms with Crippen LogP contribution in [-0.2, 0) is 4.79 Å². The average Bonchev–Trinajstić information content (AvgIpc) is 2.74.